The van der Waals surface area contributed by atoms with E-state index in [-0.39, 0.29) is 24.2 Å². The third-order valence-corrected chi connectivity index (χ3v) is 3.03. The van der Waals surface area contributed by atoms with E-state index < -0.39 is 0 Å². The molecule has 0 fully saturated rings. The number of unbranched alkanes of at least 4 members (excludes halogenated alkanes) is 3. The fraction of sp³-hybridized carbons (Fsp3) is 0.571. The minimum Gasteiger partial charge on any atom is -0.396 e. The van der Waals surface area contributed by atoms with E-state index >= 15 is 0 Å². The molecule has 0 amide bonds. The largest absolute Gasteiger partial charge is 0.396 e. The molecule has 1 aromatic rings. The van der Waals surface area contributed by atoms with Gasteiger partial charge in [-0.3, -0.25) is 0 Å². The molecule has 3 heteroatoms. The summed E-state index contributed by atoms with van der Waals surface area (Å²) in [6.07, 6.45) is 4.68. The third-order valence-electron chi connectivity index (χ3n) is 3.03. The fourth-order valence-electron chi connectivity index (χ4n) is 1.96. The van der Waals surface area contributed by atoms with Gasteiger partial charge < -0.3 is 5.11 Å². The molecule has 0 saturated carbocycles. The average molecular weight is 242 g/mol. The van der Waals surface area contributed by atoms with Gasteiger partial charge in [0.2, 0.25) is 0 Å². The van der Waals surface area contributed by atoms with Gasteiger partial charge >= 0.3 is 0 Å². The molecule has 0 spiro atoms. The van der Waals surface area contributed by atoms with Crippen molar-refractivity contribution in [2.24, 2.45) is 0 Å². The minimum atomic E-state index is -0.381. The number of halogens is 2. The highest BCUT2D eigenvalue weighted by molar-refractivity contribution is 5.22. The van der Waals surface area contributed by atoms with Gasteiger partial charge in [0.05, 0.1) is 0 Å². The smallest absolute Gasteiger partial charge is 0.126 e. The van der Waals surface area contributed by atoms with Crippen LogP contribution in [0.1, 0.15) is 50.5 Å². The van der Waals surface area contributed by atoms with Crippen LogP contribution in [0.4, 0.5) is 8.78 Å². The molecule has 0 heterocycles. The molecule has 0 bridgehead atoms. The summed E-state index contributed by atoms with van der Waals surface area (Å²) >= 11 is 0. The molecule has 1 aromatic carbocycles. The lowest BCUT2D eigenvalue weighted by Crippen LogP contribution is -1.98. The second kappa shape index (κ2) is 7.38. The maximum absolute atomic E-state index is 13.5. The van der Waals surface area contributed by atoms with E-state index in [9.17, 15) is 8.78 Å². The summed E-state index contributed by atoms with van der Waals surface area (Å²) in [7, 11) is 0. The van der Waals surface area contributed by atoms with Crippen LogP contribution < -0.4 is 0 Å². The second-order valence-electron chi connectivity index (χ2n) is 4.49. The van der Waals surface area contributed by atoms with Crippen molar-refractivity contribution >= 4 is 0 Å². The number of hydrogen-bond donors (Lipinski definition) is 1. The van der Waals surface area contributed by atoms with E-state index in [1.807, 2.05) is 6.92 Å². The average Bonchev–Trinajstić information content (AvgIpc) is 2.32. The van der Waals surface area contributed by atoms with Gasteiger partial charge in [-0.1, -0.05) is 26.2 Å². The molecule has 1 unspecified atom stereocenters. The monoisotopic (exact) mass is 242 g/mol. The number of aliphatic hydroxyl groups excluding tert-OH is 1. The van der Waals surface area contributed by atoms with E-state index in [0.717, 1.165) is 38.2 Å². The highest BCUT2D eigenvalue weighted by atomic mass is 19.1. The van der Waals surface area contributed by atoms with Crippen molar-refractivity contribution in [2.75, 3.05) is 6.61 Å². The Kier molecular flexibility index (Phi) is 6.12. The predicted molar refractivity (Wildman–Crippen MR) is 64.9 cm³/mol. The molecular formula is C14H20F2O. The summed E-state index contributed by atoms with van der Waals surface area (Å²) in [5.74, 6) is -0.664. The molecule has 0 aliphatic carbocycles. The maximum Gasteiger partial charge on any atom is 0.126 e. The van der Waals surface area contributed by atoms with Gasteiger partial charge in [0, 0.05) is 6.61 Å². The lowest BCUT2D eigenvalue weighted by atomic mass is 9.94. The van der Waals surface area contributed by atoms with Crippen LogP contribution in [0.15, 0.2) is 18.2 Å². The third kappa shape index (κ3) is 4.82. The van der Waals surface area contributed by atoms with Crippen molar-refractivity contribution in [2.45, 2.75) is 44.9 Å². The molecule has 0 radical (unpaired) electrons. The Balaban J connectivity index is 2.41. The highest BCUT2D eigenvalue weighted by Crippen LogP contribution is 2.25. The van der Waals surface area contributed by atoms with Crippen LogP contribution >= 0.6 is 0 Å². The molecule has 17 heavy (non-hydrogen) atoms. The summed E-state index contributed by atoms with van der Waals surface area (Å²) in [5.41, 5.74) is 0.465. The Morgan fingerprint density at radius 2 is 1.82 bits per heavy atom. The van der Waals surface area contributed by atoms with Crippen molar-refractivity contribution in [1.29, 1.82) is 0 Å². The van der Waals surface area contributed by atoms with Crippen molar-refractivity contribution in [3.63, 3.8) is 0 Å². The Hall–Kier alpha value is -0.960. The number of aliphatic hydroxyl groups is 1. The van der Waals surface area contributed by atoms with Crippen LogP contribution in [-0.4, -0.2) is 11.7 Å². The zero-order chi connectivity index (χ0) is 12.7. The van der Waals surface area contributed by atoms with Crippen molar-refractivity contribution < 1.29 is 13.9 Å². The van der Waals surface area contributed by atoms with Crippen molar-refractivity contribution in [3.05, 3.63) is 35.4 Å². The molecule has 0 aliphatic heterocycles. The predicted octanol–water partition coefficient (Wildman–Crippen LogP) is 4.01. The fourth-order valence-corrected chi connectivity index (χ4v) is 1.96. The van der Waals surface area contributed by atoms with Crippen molar-refractivity contribution in [1.82, 2.24) is 0 Å². The normalized spacial score (nSPS) is 12.7. The van der Waals surface area contributed by atoms with Crippen LogP contribution in [0, 0.1) is 11.6 Å². The van der Waals surface area contributed by atoms with E-state index in [1.165, 1.54) is 12.1 Å². The Bertz CT molecular complexity index is 339. The molecule has 96 valence electrons. The Morgan fingerprint density at radius 1 is 1.12 bits per heavy atom. The quantitative estimate of drug-likeness (QED) is 0.716. The van der Waals surface area contributed by atoms with Gasteiger partial charge in [0.25, 0.3) is 0 Å². The topological polar surface area (TPSA) is 20.2 Å². The number of rotatable bonds is 7. The van der Waals surface area contributed by atoms with E-state index in [1.54, 1.807) is 0 Å². The molecule has 1 rings (SSSR count). The summed E-state index contributed by atoms with van der Waals surface area (Å²) < 4.78 is 26.5. The van der Waals surface area contributed by atoms with E-state index in [0.29, 0.717) is 5.56 Å². The minimum absolute atomic E-state index is 0.0415. The summed E-state index contributed by atoms with van der Waals surface area (Å²) in [4.78, 5) is 0. The molecule has 0 aromatic heterocycles. The first-order valence-electron chi connectivity index (χ1n) is 6.21. The Labute approximate surface area is 101 Å². The van der Waals surface area contributed by atoms with Gasteiger partial charge in [-0.2, -0.15) is 0 Å². The molecule has 0 aliphatic rings. The maximum atomic E-state index is 13.5. The Morgan fingerprint density at radius 3 is 2.53 bits per heavy atom. The zero-order valence-corrected chi connectivity index (χ0v) is 10.3. The molecular weight excluding hydrogens is 222 g/mol. The molecule has 1 nitrogen and oxygen atoms in total. The summed E-state index contributed by atoms with van der Waals surface area (Å²) in [6, 6.07) is 3.62. The highest BCUT2D eigenvalue weighted by Gasteiger charge is 2.11. The number of hydrogen-bond acceptors (Lipinski definition) is 1. The summed E-state index contributed by atoms with van der Waals surface area (Å²) in [6.45, 7) is 2.15. The lowest BCUT2D eigenvalue weighted by molar-refractivity contribution is 0.282. The lowest BCUT2D eigenvalue weighted by Gasteiger charge is -2.12. The first-order valence-corrected chi connectivity index (χ1v) is 6.21. The van der Waals surface area contributed by atoms with Gasteiger partial charge in [0.1, 0.15) is 11.6 Å². The zero-order valence-electron chi connectivity index (χ0n) is 10.3. The van der Waals surface area contributed by atoms with E-state index in [4.69, 9.17) is 5.11 Å². The first-order chi connectivity index (χ1) is 8.15. The van der Waals surface area contributed by atoms with Gasteiger partial charge in [-0.15, -0.1) is 0 Å². The van der Waals surface area contributed by atoms with Crippen molar-refractivity contribution in [3.8, 4) is 0 Å². The molecule has 0 saturated heterocycles. The number of benzene rings is 1. The van der Waals surface area contributed by atoms with Crippen LogP contribution in [-0.2, 0) is 0 Å². The second-order valence-corrected chi connectivity index (χ2v) is 4.49. The summed E-state index contributed by atoms with van der Waals surface area (Å²) in [5, 5.41) is 8.63. The van der Waals surface area contributed by atoms with Crippen LogP contribution in [0.5, 0.6) is 0 Å². The van der Waals surface area contributed by atoms with Crippen LogP contribution in [0.25, 0.3) is 0 Å². The first kappa shape index (κ1) is 14.1. The van der Waals surface area contributed by atoms with E-state index in [2.05, 4.69) is 0 Å². The van der Waals surface area contributed by atoms with Crippen LogP contribution in [0.3, 0.4) is 0 Å². The van der Waals surface area contributed by atoms with Gasteiger partial charge in [-0.05, 0) is 42.5 Å². The SMILES string of the molecule is CC(CCCCCCO)c1cc(F)ccc1F. The van der Waals surface area contributed by atoms with Crippen LogP contribution in [0.2, 0.25) is 0 Å². The van der Waals surface area contributed by atoms with Gasteiger partial charge in [-0.25, -0.2) is 8.78 Å². The standard InChI is InChI=1S/C14H20F2O/c1-11(6-4-2-3-5-9-17)13-10-12(15)7-8-14(13)16/h7-8,10-11,17H,2-6,9H2,1H3. The molecule has 1 atom stereocenters. The molecule has 1 N–H and O–H groups in total. The van der Waals surface area contributed by atoms with Gasteiger partial charge in [0.15, 0.2) is 0 Å².